The second kappa shape index (κ2) is 8.26. The molecule has 1 unspecified atom stereocenters. The zero-order valence-corrected chi connectivity index (χ0v) is 14.3. The Labute approximate surface area is 153 Å². The monoisotopic (exact) mass is 373 g/mol. The highest BCUT2D eigenvalue weighted by atomic mass is 19.1. The second-order valence-electron chi connectivity index (χ2n) is 5.59. The van der Waals surface area contributed by atoms with Crippen LogP contribution in [0.15, 0.2) is 51.6 Å². The first-order valence-corrected chi connectivity index (χ1v) is 8.14. The van der Waals surface area contributed by atoms with Crippen molar-refractivity contribution in [3.63, 3.8) is 0 Å². The SMILES string of the molecule is CC(OC(=O)CCc1nc(-c2ccco2)no1)C(=O)Nc1ccccc1F. The van der Waals surface area contributed by atoms with E-state index in [9.17, 15) is 14.0 Å². The number of nitrogens with one attached hydrogen (secondary N) is 1. The Morgan fingerprint density at radius 2 is 2.07 bits per heavy atom. The first-order valence-electron chi connectivity index (χ1n) is 8.14. The van der Waals surface area contributed by atoms with Gasteiger partial charge in [0.25, 0.3) is 5.91 Å². The molecule has 1 atom stereocenters. The van der Waals surface area contributed by atoms with Crippen molar-refractivity contribution in [1.29, 1.82) is 0 Å². The molecule has 0 fully saturated rings. The van der Waals surface area contributed by atoms with Crippen molar-refractivity contribution >= 4 is 17.6 Å². The molecule has 1 aromatic carbocycles. The number of esters is 1. The van der Waals surface area contributed by atoms with Gasteiger partial charge in [-0.3, -0.25) is 9.59 Å². The fraction of sp³-hybridized carbons (Fsp3) is 0.222. The lowest BCUT2D eigenvalue weighted by molar-refractivity contribution is -0.153. The van der Waals surface area contributed by atoms with E-state index >= 15 is 0 Å². The summed E-state index contributed by atoms with van der Waals surface area (Å²) in [7, 11) is 0. The van der Waals surface area contributed by atoms with Gasteiger partial charge in [-0.2, -0.15) is 4.98 Å². The smallest absolute Gasteiger partial charge is 0.307 e. The number of halogens is 1. The second-order valence-corrected chi connectivity index (χ2v) is 5.59. The van der Waals surface area contributed by atoms with Crippen LogP contribution in [0.1, 0.15) is 19.2 Å². The molecule has 0 saturated heterocycles. The maximum absolute atomic E-state index is 13.5. The quantitative estimate of drug-likeness (QED) is 0.634. The van der Waals surface area contributed by atoms with Crippen LogP contribution in [0.4, 0.5) is 10.1 Å². The van der Waals surface area contributed by atoms with Crippen LogP contribution in [-0.4, -0.2) is 28.1 Å². The van der Waals surface area contributed by atoms with E-state index in [4.69, 9.17) is 13.7 Å². The third kappa shape index (κ3) is 4.78. The molecule has 3 rings (SSSR count). The number of carbonyl (C=O) groups excluding carboxylic acids is 2. The first-order chi connectivity index (χ1) is 13.0. The minimum Gasteiger partial charge on any atom is -0.461 e. The van der Waals surface area contributed by atoms with Crippen LogP contribution in [0, 0.1) is 5.82 Å². The molecule has 1 N–H and O–H groups in total. The van der Waals surface area contributed by atoms with Crippen LogP contribution in [0.3, 0.4) is 0 Å². The van der Waals surface area contributed by atoms with E-state index in [0.717, 1.165) is 0 Å². The van der Waals surface area contributed by atoms with Gasteiger partial charge in [0.15, 0.2) is 11.9 Å². The normalized spacial score (nSPS) is 11.8. The summed E-state index contributed by atoms with van der Waals surface area (Å²) in [5.74, 6) is -0.864. The lowest BCUT2D eigenvalue weighted by Gasteiger charge is -2.13. The van der Waals surface area contributed by atoms with Crippen molar-refractivity contribution in [2.75, 3.05) is 5.32 Å². The lowest BCUT2D eigenvalue weighted by atomic mass is 10.2. The van der Waals surface area contributed by atoms with E-state index in [1.165, 1.54) is 31.4 Å². The highest BCUT2D eigenvalue weighted by Gasteiger charge is 2.20. The van der Waals surface area contributed by atoms with Crippen molar-refractivity contribution in [2.45, 2.75) is 25.9 Å². The Morgan fingerprint density at radius 1 is 1.26 bits per heavy atom. The Bertz CT molecular complexity index is 923. The van der Waals surface area contributed by atoms with E-state index < -0.39 is 23.8 Å². The molecule has 8 nitrogen and oxygen atoms in total. The average Bonchev–Trinajstić information content (AvgIpc) is 3.33. The van der Waals surface area contributed by atoms with Gasteiger partial charge in [-0.15, -0.1) is 0 Å². The fourth-order valence-corrected chi connectivity index (χ4v) is 2.18. The van der Waals surface area contributed by atoms with E-state index in [0.29, 0.717) is 5.76 Å². The number of hydrogen-bond donors (Lipinski definition) is 1. The molecule has 27 heavy (non-hydrogen) atoms. The molecule has 0 spiro atoms. The molecule has 2 aromatic heterocycles. The molecule has 0 bridgehead atoms. The number of benzene rings is 1. The minimum atomic E-state index is -1.08. The Balaban J connectivity index is 1.47. The van der Waals surface area contributed by atoms with Crippen LogP contribution < -0.4 is 5.32 Å². The number of furan rings is 1. The molecule has 3 aromatic rings. The summed E-state index contributed by atoms with van der Waals surface area (Å²) in [6, 6.07) is 9.08. The molecule has 0 aliphatic carbocycles. The van der Waals surface area contributed by atoms with Gasteiger partial charge in [-0.1, -0.05) is 17.3 Å². The Kier molecular flexibility index (Phi) is 5.60. The predicted octanol–water partition coefficient (Wildman–Crippen LogP) is 2.97. The highest BCUT2D eigenvalue weighted by Crippen LogP contribution is 2.16. The number of ether oxygens (including phenoxy) is 1. The molecule has 1 amide bonds. The molecule has 9 heteroatoms. The average molecular weight is 373 g/mol. The lowest BCUT2D eigenvalue weighted by Crippen LogP contribution is -2.30. The van der Waals surface area contributed by atoms with E-state index in [2.05, 4.69) is 15.5 Å². The summed E-state index contributed by atoms with van der Waals surface area (Å²) in [5.41, 5.74) is 0.0155. The number of rotatable bonds is 7. The van der Waals surface area contributed by atoms with Gasteiger partial charge < -0.3 is 19.0 Å². The van der Waals surface area contributed by atoms with E-state index in [1.807, 2.05) is 0 Å². The third-order valence-corrected chi connectivity index (χ3v) is 3.56. The van der Waals surface area contributed by atoms with E-state index in [-0.39, 0.29) is 30.2 Å². The predicted molar refractivity (Wildman–Crippen MR) is 90.9 cm³/mol. The summed E-state index contributed by atoms with van der Waals surface area (Å²) in [5, 5.41) is 6.11. The van der Waals surface area contributed by atoms with Gasteiger partial charge in [0, 0.05) is 6.42 Å². The molecule has 2 heterocycles. The zero-order chi connectivity index (χ0) is 19.2. The van der Waals surface area contributed by atoms with Crippen molar-refractivity contribution in [3.8, 4) is 11.6 Å². The maximum atomic E-state index is 13.5. The number of amides is 1. The van der Waals surface area contributed by atoms with Crippen molar-refractivity contribution in [3.05, 3.63) is 54.4 Å². The standard InChI is InChI=1S/C18H16FN3O5/c1-11(18(24)20-13-6-3-2-5-12(13)19)26-16(23)9-8-15-21-17(22-27-15)14-7-4-10-25-14/h2-7,10-11H,8-9H2,1H3,(H,20,24). The molecule has 140 valence electrons. The van der Waals surface area contributed by atoms with Crippen LogP contribution in [0.2, 0.25) is 0 Å². The summed E-state index contributed by atoms with van der Waals surface area (Å²) < 4.78 is 28.8. The van der Waals surface area contributed by atoms with Crippen molar-refractivity contribution in [2.24, 2.45) is 0 Å². The minimum absolute atomic E-state index is 0.0155. The number of nitrogens with zero attached hydrogens (tertiary/aromatic N) is 2. The molecular formula is C18H16FN3O5. The highest BCUT2D eigenvalue weighted by molar-refractivity contribution is 5.95. The van der Waals surface area contributed by atoms with Crippen molar-refractivity contribution in [1.82, 2.24) is 10.1 Å². The summed E-state index contributed by atoms with van der Waals surface area (Å²) in [4.78, 5) is 28.0. The van der Waals surface area contributed by atoms with Crippen LogP contribution in [0.5, 0.6) is 0 Å². The zero-order valence-electron chi connectivity index (χ0n) is 14.3. The molecule has 0 saturated carbocycles. The molecule has 0 aliphatic heterocycles. The Morgan fingerprint density at radius 3 is 2.81 bits per heavy atom. The fourth-order valence-electron chi connectivity index (χ4n) is 2.18. The van der Waals surface area contributed by atoms with Crippen molar-refractivity contribution < 1.29 is 27.7 Å². The number of aromatic nitrogens is 2. The van der Waals surface area contributed by atoms with Gasteiger partial charge >= 0.3 is 5.97 Å². The summed E-state index contributed by atoms with van der Waals surface area (Å²) >= 11 is 0. The van der Waals surface area contributed by atoms with Gasteiger partial charge in [0.1, 0.15) is 5.82 Å². The summed E-state index contributed by atoms with van der Waals surface area (Å²) in [6.45, 7) is 1.40. The Hall–Kier alpha value is -3.49. The molecule has 0 aliphatic rings. The number of carbonyl (C=O) groups is 2. The molecular weight excluding hydrogens is 357 g/mol. The van der Waals surface area contributed by atoms with Crippen LogP contribution in [0.25, 0.3) is 11.6 Å². The number of anilines is 1. The molecule has 0 radical (unpaired) electrons. The van der Waals surface area contributed by atoms with Crippen LogP contribution >= 0.6 is 0 Å². The number of hydrogen-bond acceptors (Lipinski definition) is 7. The van der Waals surface area contributed by atoms with Crippen LogP contribution in [-0.2, 0) is 20.7 Å². The van der Waals surface area contributed by atoms with Gasteiger partial charge in [0.2, 0.25) is 11.7 Å². The third-order valence-electron chi connectivity index (χ3n) is 3.56. The van der Waals surface area contributed by atoms with E-state index in [1.54, 1.807) is 18.2 Å². The first kappa shape index (κ1) is 18.3. The number of aryl methyl sites for hydroxylation is 1. The topological polar surface area (TPSA) is 107 Å². The van der Waals surface area contributed by atoms with Gasteiger partial charge in [0.05, 0.1) is 18.4 Å². The number of para-hydroxylation sites is 1. The van der Waals surface area contributed by atoms with Gasteiger partial charge in [-0.05, 0) is 31.2 Å². The maximum Gasteiger partial charge on any atom is 0.307 e. The summed E-state index contributed by atoms with van der Waals surface area (Å²) in [6.07, 6.45) is 0.486. The van der Waals surface area contributed by atoms with Gasteiger partial charge in [-0.25, -0.2) is 4.39 Å². The largest absolute Gasteiger partial charge is 0.461 e.